The lowest BCUT2D eigenvalue weighted by atomic mass is 10.1. The van der Waals surface area contributed by atoms with E-state index in [4.69, 9.17) is 10.5 Å². The second kappa shape index (κ2) is 4.97. The molecule has 2 rings (SSSR count). The lowest BCUT2D eigenvalue weighted by molar-refractivity contribution is 0.183. The number of nitrogens with zero attached hydrogens (tertiary/aromatic N) is 2. The zero-order valence-corrected chi connectivity index (χ0v) is 9.56. The Morgan fingerprint density at radius 3 is 3.06 bits per heavy atom. The first-order chi connectivity index (χ1) is 8.20. The highest BCUT2D eigenvalue weighted by Gasteiger charge is 2.06. The standard InChI is InChI=1S/C12H14FN3O/c1-17-5-4-16-8-9(7-15-16)11-6-10(13)2-3-12(11)14/h2-3,6-8H,4-5,14H2,1H3. The first-order valence-corrected chi connectivity index (χ1v) is 5.27. The minimum absolute atomic E-state index is 0.307. The van der Waals surface area contributed by atoms with Crippen molar-refractivity contribution in [2.24, 2.45) is 0 Å². The van der Waals surface area contributed by atoms with Crippen LogP contribution in [0.5, 0.6) is 0 Å². The molecule has 1 aromatic carbocycles. The molecular weight excluding hydrogens is 221 g/mol. The average Bonchev–Trinajstić information content (AvgIpc) is 2.78. The van der Waals surface area contributed by atoms with Gasteiger partial charge in [0.05, 0.1) is 19.3 Å². The van der Waals surface area contributed by atoms with Crippen LogP contribution in [0.25, 0.3) is 11.1 Å². The van der Waals surface area contributed by atoms with Crippen LogP contribution in [0.4, 0.5) is 10.1 Å². The molecule has 0 aliphatic heterocycles. The maximum absolute atomic E-state index is 13.1. The number of benzene rings is 1. The summed E-state index contributed by atoms with van der Waals surface area (Å²) in [6.45, 7) is 1.24. The summed E-state index contributed by atoms with van der Waals surface area (Å²) in [5.74, 6) is -0.307. The minimum Gasteiger partial charge on any atom is -0.398 e. The van der Waals surface area contributed by atoms with Gasteiger partial charge in [-0.3, -0.25) is 4.68 Å². The van der Waals surface area contributed by atoms with E-state index in [0.717, 1.165) is 5.56 Å². The highest BCUT2D eigenvalue weighted by Crippen LogP contribution is 2.25. The number of hydrogen-bond donors (Lipinski definition) is 1. The Bertz CT molecular complexity index is 510. The van der Waals surface area contributed by atoms with Crippen molar-refractivity contribution in [1.29, 1.82) is 0 Å². The summed E-state index contributed by atoms with van der Waals surface area (Å²) in [7, 11) is 1.63. The molecule has 0 aliphatic rings. The van der Waals surface area contributed by atoms with Gasteiger partial charge in [-0.2, -0.15) is 5.10 Å². The molecule has 0 unspecified atom stereocenters. The maximum atomic E-state index is 13.1. The SMILES string of the molecule is COCCn1cc(-c2cc(F)ccc2N)cn1. The van der Waals surface area contributed by atoms with Crippen LogP contribution in [0.2, 0.25) is 0 Å². The number of methoxy groups -OCH3 is 1. The Morgan fingerprint density at radius 2 is 2.29 bits per heavy atom. The minimum atomic E-state index is -0.307. The third-order valence-corrected chi connectivity index (χ3v) is 2.48. The molecule has 90 valence electrons. The van der Waals surface area contributed by atoms with Crippen LogP contribution < -0.4 is 5.73 Å². The summed E-state index contributed by atoms with van der Waals surface area (Å²) in [6.07, 6.45) is 3.49. The fraction of sp³-hybridized carbons (Fsp3) is 0.250. The summed E-state index contributed by atoms with van der Waals surface area (Å²) in [5, 5.41) is 4.16. The Balaban J connectivity index is 2.27. The van der Waals surface area contributed by atoms with Crippen molar-refractivity contribution in [3.63, 3.8) is 0 Å². The Kier molecular flexibility index (Phi) is 3.39. The molecule has 5 heteroatoms. The molecule has 0 saturated heterocycles. The quantitative estimate of drug-likeness (QED) is 0.824. The predicted octanol–water partition coefficient (Wildman–Crippen LogP) is 1.92. The summed E-state index contributed by atoms with van der Waals surface area (Å²) >= 11 is 0. The van der Waals surface area contributed by atoms with Gasteiger partial charge >= 0.3 is 0 Å². The van der Waals surface area contributed by atoms with Crippen molar-refractivity contribution in [2.45, 2.75) is 6.54 Å². The van der Waals surface area contributed by atoms with Crippen LogP contribution >= 0.6 is 0 Å². The molecule has 2 N–H and O–H groups in total. The van der Waals surface area contributed by atoms with E-state index in [2.05, 4.69) is 5.10 Å². The molecule has 0 aliphatic carbocycles. The van der Waals surface area contributed by atoms with Crippen molar-refractivity contribution in [3.8, 4) is 11.1 Å². The van der Waals surface area contributed by atoms with Gasteiger partial charge in [0.1, 0.15) is 5.82 Å². The van der Waals surface area contributed by atoms with E-state index >= 15 is 0 Å². The highest BCUT2D eigenvalue weighted by atomic mass is 19.1. The Morgan fingerprint density at radius 1 is 1.47 bits per heavy atom. The first kappa shape index (κ1) is 11.6. The lowest BCUT2D eigenvalue weighted by Crippen LogP contribution is -2.03. The topological polar surface area (TPSA) is 53.1 Å². The summed E-state index contributed by atoms with van der Waals surface area (Å²) in [6, 6.07) is 4.30. The molecule has 0 spiro atoms. The van der Waals surface area contributed by atoms with E-state index in [1.807, 2.05) is 6.20 Å². The van der Waals surface area contributed by atoms with E-state index in [9.17, 15) is 4.39 Å². The van der Waals surface area contributed by atoms with E-state index in [-0.39, 0.29) is 5.82 Å². The van der Waals surface area contributed by atoms with Crippen molar-refractivity contribution >= 4 is 5.69 Å². The predicted molar refractivity (Wildman–Crippen MR) is 63.9 cm³/mol. The van der Waals surface area contributed by atoms with E-state index in [0.29, 0.717) is 24.4 Å². The lowest BCUT2D eigenvalue weighted by Gasteiger charge is -2.02. The molecule has 17 heavy (non-hydrogen) atoms. The number of aromatic nitrogens is 2. The molecule has 0 atom stereocenters. The van der Waals surface area contributed by atoms with E-state index in [1.165, 1.54) is 12.1 Å². The number of rotatable bonds is 4. The average molecular weight is 235 g/mol. The molecule has 0 amide bonds. The van der Waals surface area contributed by atoms with Crippen LogP contribution in [0.1, 0.15) is 0 Å². The zero-order valence-electron chi connectivity index (χ0n) is 9.56. The van der Waals surface area contributed by atoms with Gasteiger partial charge in [0.15, 0.2) is 0 Å². The Hall–Kier alpha value is -1.88. The van der Waals surface area contributed by atoms with Crippen molar-refractivity contribution in [1.82, 2.24) is 9.78 Å². The molecule has 0 radical (unpaired) electrons. The number of hydrogen-bond acceptors (Lipinski definition) is 3. The molecule has 4 nitrogen and oxygen atoms in total. The van der Waals surface area contributed by atoms with Gasteiger partial charge in [0.2, 0.25) is 0 Å². The van der Waals surface area contributed by atoms with Crippen LogP contribution in [0.3, 0.4) is 0 Å². The van der Waals surface area contributed by atoms with Crippen LogP contribution in [0.15, 0.2) is 30.6 Å². The number of nitrogens with two attached hydrogens (primary N) is 1. The third kappa shape index (κ3) is 2.62. The second-order valence-electron chi connectivity index (χ2n) is 3.72. The van der Waals surface area contributed by atoms with Gasteiger partial charge in [-0.05, 0) is 18.2 Å². The number of nitrogen functional groups attached to an aromatic ring is 1. The number of anilines is 1. The molecule has 0 fully saturated rings. The molecule has 1 heterocycles. The largest absolute Gasteiger partial charge is 0.398 e. The maximum Gasteiger partial charge on any atom is 0.123 e. The van der Waals surface area contributed by atoms with Crippen LogP contribution in [0, 0.1) is 5.82 Å². The summed E-state index contributed by atoms with van der Waals surface area (Å²) in [4.78, 5) is 0. The van der Waals surface area contributed by atoms with E-state index in [1.54, 1.807) is 24.1 Å². The molecule has 0 saturated carbocycles. The van der Waals surface area contributed by atoms with Crippen LogP contribution in [-0.4, -0.2) is 23.5 Å². The van der Waals surface area contributed by atoms with Gasteiger partial charge in [0.25, 0.3) is 0 Å². The smallest absolute Gasteiger partial charge is 0.123 e. The van der Waals surface area contributed by atoms with Gasteiger partial charge < -0.3 is 10.5 Å². The number of halogens is 1. The van der Waals surface area contributed by atoms with Crippen molar-refractivity contribution < 1.29 is 9.13 Å². The van der Waals surface area contributed by atoms with Crippen molar-refractivity contribution in [3.05, 3.63) is 36.4 Å². The summed E-state index contributed by atoms with van der Waals surface area (Å²) in [5.41, 5.74) is 7.81. The molecule has 2 aromatic rings. The zero-order chi connectivity index (χ0) is 12.3. The van der Waals surface area contributed by atoms with Gasteiger partial charge in [-0.15, -0.1) is 0 Å². The van der Waals surface area contributed by atoms with Crippen molar-refractivity contribution in [2.75, 3.05) is 19.5 Å². The third-order valence-electron chi connectivity index (χ3n) is 2.48. The first-order valence-electron chi connectivity index (χ1n) is 5.27. The number of ether oxygens (including phenoxy) is 1. The fourth-order valence-corrected chi connectivity index (χ4v) is 1.59. The molecule has 1 aromatic heterocycles. The molecular formula is C12H14FN3O. The normalized spacial score (nSPS) is 10.7. The second-order valence-corrected chi connectivity index (χ2v) is 3.72. The Labute approximate surface area is 98.8 Å². The fourth-order valence-electron chi connectivity index (χ4n) is 1.59. The van der Waals surface area contributed by atoms with Crippen LogP contribution in [-0.2, 0) is 11.3 Å². The van der Waals surface area contributed by atoms with Gasteiger partial charge in [0, 0.05) is 30.1 Å². The monoisotopic (exact) mass is 235 g/mol. The molecule has 0 bridgehead atoms. The van der Waals surface area contributed by atoms with Gasteiger partial charge in [-0.1, -0.05) is 0 Å². The highest BCUT2D eigenvalue weighted by molar-refractivity contribution is 5.75. The van der Waals surface area contributed by atoms with Gasteiger partial charge in [-0.25, -0.2) is 4.39 Å². The van der Waals surface area contributed by atoms with E-state index < -0.39 is 0 Å². The summed E-state index contributed by atoms with van der Waals surface area (Å²) < 4.78 is 19.8.